The van der Waals surface area contributed by atoms with E-state index in [1.165, 1.54) is 5.57 Å². The summed E-state index contributed by atoms with van der Waals surface area (Å²) in [5.74, 6) is 0. The number of ether oxygens (including phenoxy) is 1. The van der Waals surface area contributed by atoms with E-state index in [1.54, 1.807) is 0 Å². The molecule has 0 aromatic rings. The molecule has 2 aliphatic rings. The Labute approximate surface area is 104 Å². The van der Waals surface area contributed by atoms with Crippen LogP contribution in [0.5, 0.6) is 0 Å². The van der Waals surface area contributed by atoms with E-state index >= 15 is 0 Å². The molecule has 0 saturated carbocycles. The van der Waals surface area contributed by atoms with E-state index in [0.29, 0.717) is 0 Å². The van der Waals surface area contributed by atoms with Gasteiger partial charge in [-0.1, -0.05) is 37.6 Å². The third-order valence-electron chi connectivity index (χ3n) is 3.83. The maximum absolute atomic E-state index is 11.1. The summed E-state index contributed by atoms with van der Waals surface area (Å²) in [6.45, 7) is 6.62. The molecule has 0 amide bonds. The predicted molar refractivity (Wildman–Crippen MR) is 68.8 cm³/mol. The molecule has 0 bridgehead atoms. The molecule has 1 fully saturated rings. The molecule has 0 spiro atoms. The van der Waals surface area contributed by atoms with Gasteiger partial charge >= 0.3 is 0 Å². The first-order chi connectivity index (χ1) is 7.97. The Kier molecular flexibility index (Phi) is 3.26. The number of epoxide rings is 1. The predicted octanol–water partition coefficient (Wildman–Crippen LogP) is 3.43. The van der Waals surface area contributed by atoms with Gasteiger partial charge in [-0.2, -0.15) is 0 Å². The maximum atomic E-state index is 11.1. The largest absolute Gasteiger partial charge is 0.358 e. The van der Waals surface area contributed by atoms with Crippen LogP contribution in [0.4, 0.5) is 0 Å². The van der Waals surface area contributed by atoms with E-state index in [9.17, 15) is 4.79 Å². The van der Waals surface area contributed by atoms with E-state index in [0.717, 1.165) is 32.0 Å². The van der Waals surface area contributed by atoms with Gasteiger partial charge < -0.3 is 9.53 Å². The van der Waals surface area contributed by atoms with Crippen molar-refractivity contribution in [1.82, 2.24) is 0 Å². The molecule has 0 aromatic heterocycles. The van der Waals surface area contributed by atoms with Crippen molar-refractivity contribution < 1.29 is 9.53 Å². The molecule has 1 heterocycles. The second kappa shape index (κ2) is 4.41. The molecule has 1 aliphatic heterocycles. The topological polar surface area (TPSA) is 29.6 Å². The van der Waals surface area contributed by atoms with Crippen molar-refractivity contribution in [2.24, 2.45) is 5.41 Å². The molecule has 2 heteroatoms. The fourth-order valence-electron chi connectivity index (χ4n) is 2.39. The van der Waals surface area contributed by atoms with E-state index in [1.807, 2.05) is 0 Å². The number of carbonyl (C=O) groups is 1. The lowest BCUT2D eigenvalue weighted by Gasteiger charge is -2.18. The molecule has 17 heavy (non-hydrogen) atoms. The third-order valence-corrected chi connectivity index (χ3v) is 3.83. The molecule has 0 N–H and O–H groups in total. The molecular formula is C15H22O2. The van der Waals surface area contributed by atoms with E-state index in [2.05, 4.69) is 39.0 Å². The first-order valence-electron chi connectivity index (χ1n) is 6.45. The molecule has 94 valence electrons. The van der Waals surface area contributed by atoms with Gasteiger partial charge in [-0.05, 0) is 31.6 Å². The Hall–Kier alpha value is -0.890. The summed E-state index contributed by atoms with van der Waals surface area (Å²) in [6.07, 6.45) is 11.6. The molecule has 1 saturated heterocycles. The lowest BCUT2D eigenvalue weighted by molar-refractivity contribution is -0.112. The van der Waals surface area contributed by atoms with Crippen molar-refractivity contribution in [3.63, 3.8) is 0 Å². The zero-order chi connectivity index (χ0) is 12.5. The molecule has 0 aromatic carbocycles. The number of rotatable bonds is 1. The highest BCUT2D eigenvalue weighted by atomic mass is 16.6. The van der Waals surface area contributed by atoms with Crippen LogP contribution in [-0.4, -0.2) is 18.0 Å². The summed E-state index contributed by atoms with van der Waals surface area (Å²) in [4.78, 5) is 11.1. The molecule has 2 atom stereocenters. The highest BCUT2D eigenvalue weighted by molar-refractivity contribution is 5.68. The van der Waals surface area contributed by atoms with Crippen LogP contribution in [0, 0.1) is 5.41 Å². The van der Waals surface area contributed by atoms with Crippen molar-refractivity contribution in [2.75, 3.05) is 0 Å². The number of allylic oxidation sites excluding steroid dienone is 3. The van der Waals surface area contributed by atoms with Gasteiger partial charge in [-0.3, -0.25) is 0 Å². The minimum absolute atomic E-state index is 0.134. The maximum Gasteiger partial charge on any atom is 0.154 e. The summed E-state index contributed by atoms with van der Waals surface area (Å²) in [6, 6.07) is 0. The SMILES string of the molecule is CC1=CCC(C)(C)C=CCC2(C=O)OC2CC1. The van der Waals surface area contributed by atoms with Crippen molar-refractivity contribution in [1.29, 1.82) is 0 Å². The van der Waals surface area contributed by atoms with Gasteiger partial charge in [-0.25, -0.2) is 0 Å². The van der Waals surface area contributed by atoms with Gasteiger partial charge in [0.25, 0.3) is 0 Å². The monoisotopic (exact) mass is 234 g/mol. The van der Waals surface area contributed by atoms with Crippen LogP contribution in [0.25, 0.3) is 0 Å². The average molecular weight is 234 g/mol. The molecular weight excluding hydrogens is 212 g/mol. The Balaban J connectivity index is 2.15. The van der Waals surface area contributed by atoms with Crippen molar-refractivity contribution >= 4 is 6.29 Å². The van der Waals surface area contributed by atoms with Crippen LogP contribution in [0.15, 0.2) is 23.8 Å². The highest BCUT2D eigenvalue weighted by Crippen LogP contribution is 2.42. The van der Waals surface area contributed by atoms with Gasteiger partial charge in [-0.15, -0.1) is 0 Å². The normalized spacial score (nSPS) is 36.4. The summed E-state index contributed by atoms with van der Waals surface area (Å²) in [5.41, 5.74) is 1.07. The number of aldehydes is 1. The smallest absolute Gasteiger partial charge is 0.154 e. The van der Waals surface area contributed by atoms with E-state index in [4.69, 9.17) is 4.74 Å². The number of hydrogen-bond acceptors (Lipinski definition) is 2. The third kappa shape index (κ3) is 2.86. The zero-order valence-corrected chi connectivity index (χ0v) is 11.0. The van der Waals surface area contributed by atoms with Gasteiger partial charge in [0.1, 0.15) is 0 Å². The van der Waals surface area contributed by atoms with Crippen LogP contribution in [0.2, 0.25) is 0 Å². The number of carbonyl (C=O) groups excluding carboxylic acids is 1. The van der Waals surface area contributed by atoms with Crippen LogP contribution in [0.1, 0.15) is 46.5 Å². The molecule has 2 nitrogen and oxygen atoms in total. The van der Waals surface area contributed by atoms with Crippen molar-refractivity contribution in [3.8, 4) is 0 Å². The second-order valence-corrected chi connectivity index (χ2v) is 6.07. The standard InChI is InChI=1S/C15H22O2/c1-12-5-6-13-15(11-16,17-13)9-4-8-14(2,3)10-7-12/h4,7-8,11,13H,5-6,9-10H2,1-3H3. The second-order valence-electron chi connectivity index (χ2n) is 6.07. The number of fused-ring (bicyclic) bond motifs is 1. The lowest BCUT2D eigenvalue weighted by atomic mass is 9.87. The minimum Gasteiger partial charge on any atom is -0.358 e. The van der Waals surface area contributed by atoms with Gasteiger partial charge in [0.05, 0.1) is 6.10 Å². The zero-order valence-electron chi connectivity index (χ0n) is 11.0. The van der Waals surface area contributed by atoms with E-state index < -0.39 is 5.60 Å². The van der Waals surface area contributed by atoms with Crippen LogP contribution in [-0.2, 0) is 9.53 Å². The van der Waals surface area contributed by atoms with Gasteiger partial charge in [0.15, 0.2) is 11.9 Å². The lowest BCUT2D eigenvalue weighted by Crippen LogP contribution is -2.16. The molecule has 0 radical (unpaired) electrons. The van der Waals surface area contributed by atoms with Gasteiger partial charge in [0.2, 0.25) is 0 Å². The Morgan fingerprint density at radius 1 is 1.41 bits per heavy atom. The quantitative estimate of drug-likeness (QED) is 0.395. The van der Waals surface area contributed by atoms with Crippen LogP contribution in [0.3, 0.4) is 0 Å². The summed E-state index contributed by atoms with van der Waals surface area (Å²) >= 11 is 0. The van der Waals surface area contributed by atoms with Crippen LogP contribution < -0.4 is 0 Å². The van der Waals surface area contributed by atoms with E-state index in [-0.39, 0.29) is 11.5 Å². The van der Waals surface area contributed by atoms with Crippen molar-refractivity contribution in [2.45, 2.75) is 58.2 Å². The molecule has 2 rings (SSSR count). The summed E-state index contributed by atoms with van der Waals surface area (Å²) < 4.78 is 5.60. The van der Waals surface area contributed by atoms with Crippen molar-refractivity contribution in [3.05, 3.63) is 23.8 Å². The minimum atomic E-state index is -0.503. The first kappa shape index (κ1) is 12.6. The average Bonchev–Trinajstić information content (AvgIpc) is 2.97. The Morgan fingerprint density at radius 2 is 2.18 bits per heavy atom. The first-order valence-corrected chi connectivity index (χ1v) is 6.45. The summed E-state index contributed by atoms with van der Waals surface area (Å²) in [5, 5.41) is 0. The fourth-order valence-corrected chi connectivity index (χ4v) is 2.39. The molecule has 1 aliphatic carbocycles. The fraction of sp³-hybridized carbons (Fsp3) is 0.667. The highest BCUT2D eigenvalue weighted by Gasteiger charge is 2.55. The van der Waals surface area contributed by atoms with Gasteiger partial charge in [0, 0.05) is 6.42 Å². The molecule has 2 unspecified atom stereocenters. The van der Waals surface area contributed by atoms with Crippen LogP contribution >= 0.6 is 0 Å². The number of hydrogen-bond donors (Lipinski definition) is 0. The Bertz CT molecular complexity index is 365. The summed E-state index contributed by atoms with van der Waals surface area (Å²) in [7, 11) is 0. The Morgan fingerprint density at radius 3 is 2.88 bits per heavy atom.